The number of rotatable bonds is 11. The van der Waals surface area contributed by atoms with E-state index in [0.717, 1.165) is 16.1 Å². The van der Waals surface area contributed by atoms with Crippen LogP contribution in [-0.2, 0) is 26.2 Å². The van der Waals surface area contributed by atoms with Crippen molar-refractivity contribution in [3.63, 3.8) is 0 Å². The van der Waals surface area contributed by atoms with Crippen molar-refractivity contribution in [2.45, 2.75) is 33.4 Å². The number of carbonyl (C=O) groups is 2. The Morgan fingerprint density at radius 3 is 2.23 bits per heavy atom. The van der Waals surface area contributed by atoms with Gasteiger partial charge >= 0.3 is 0 Å². The molecule has 0 fully saturated rings. The van der Waals surface area contributed by atoms with Crippen molar-refractivity contribution < 1.29 is 22.7 Å². The molecule has 2 aromatic rings. The topological polar surface area (TPSA) is 96.0 Å². The molecule has 1 N–H and O–H groups in total. The van der Waals surface area contributed by atoms with Crippen molar-refractivity contribution in [1.29, 1.82) is 0 Å². The highest BCUT2D eigenvalue weighted by Gasteiger charge is 2.31. The van der Waals surface area contributed by atoms with Gasteiger partial charge in [-0.15, -0.1) is 0 Å². The standard InChI is InChI=1S/C24H31Cl2N3O5S/c1-16(2)13-27-24(31)17(3)28(14-18-9-11-19(34-4)12-10-18)22(30)15-29(35(5,32)33)21-8-6-7-20(25)23(21)26/h6-12,16-17H,13-15H2,1-5H3,(H,27,31). The number of benzene rings is 2. The third-order valence-electron chi connectivity index (χ3n) is 5.24. The Morgan fingerprint density at radius 2 is 1.69 bits per heavy atom. The quantitative estimate of drug-likeness (QED) is 0.462. The van der Waals surface area contributed by atoms with E-state index < -0.39 is 28.5 Å². The number of sulfonamides is 1. The van der Waals surface area contributed by atoms with Gasteiger partial charge in [-0.3, -0.25) is 13.9 Å². The van der Waals surface area contributed by atoms with Crippen molar-refractivity contribution in [2.24, 2.45) is 5.92 Å². The summed E-state index contributed by atoms with van der Waals surface area (Å²) in [6.07, 6.45) is 0.976. The molecule has 0 aromatic heterocycles. The van der Waals surface area contributed by atoms with E-state index >= 15 is 0 Å². The van der Waals surface area contributed by atoms with Gasteiger partial charge in [0.05, 0.1) is 29.1 Å². The van der Waals surface area contributed by atoms with Gasteiger partial charge in [-0.25, -0.2) is 8.42 Å². The predicted molar refractivity (Wildman–Crippen MR) is 140 cm³/mol. The molecule has 2 rings (SSSR count). The van der Waals surface area contributed by atoms with E-state index in [1.165, 1.54) is 17.0 Å². The van der Waals surface area contributed by atoms with Crippen molar-refractivity contribution in [2.75, 3.05) is 30.8 Å². The Balaban J connectivity index is 2.40. The normalized spacial score (nSPS) is 12.2. The van der Waals surface area contributed by atoms with Crippen LogP contribution in [0.4, 0.5) is 5.69 Å². The van der Waals surface area contributed by atoms with Crippen molar-refractivity contribution in [3.8, 4) is 5.75 Å². The van der Waals surface area contributed by atoms with Gasteiger partial charge in [0.25, 0.3) is 0 Å². The maximum Gasteiger partial charge on any atom is 0.244 e. The Morgan fingerprint density at radius 1 is 1.06 bits per heavy atom. The molecule has 0 spiro atoms. The summed E-state index contributed by atoms with van der Waals surface area (Å²) in [5, 5.41) is 3.00. The molecule has 0 bridgehead atoms. The van der Waals surface area contributed by atoms with Gasteiger partial charge in [-0.1, -0.05) is 55.2 Å². The number of anilines is 1. The Bertz CT molecular complexity index is 1140. The Kier molecular flexibility index (Phi) is 10.2. The van der Waals surface area contributed by atoms with E-state index in [0.29, 0.717) is 12.3 Å². The highest BCUT2D eigenvalue weighted by atomic mass is 35.5. The summed E-state index contributed by atoms with van der Waals surface area (Å²) >= 11 is 12.3. The van der Waals surface area contributed by atoms with Gasteiger partial charge in [0.2, 0.25) is 21.8 Å². The summed E-state index contributed by atoms with van der Waals surface area (Å²) in [4.78, 5) is 27.7. The van der Waals surface area contributed by atoms with Crippen LogP contribution in [-0.4, -0.2) is 57.6 Å². The maximum atomic E-state index is 13.5. The van der Waals surface area contributed by atoms with E-state index in [-0.39, 0.29) is 34.1 Å². The zero-order chi connectivity index (χ0) is 26.3. The van der Waals surface area contributed by atoms with Crippen molar-refractivity contribution in [3.05, 3.63) is 58.1 Å². The first-order valence-corrected chi connectivity index (χ1v) is 13.6. The van der Waals surface area contributed by atoms with Crippen LogP contribution in [0.25, 0.3) is 0 Å². The molecule has 35 heavy (non-hydrogen) atoms. The van der Waals surface area contributed by atoms with Crippen LogP contribution in [0.2, 0.25) is 10.0 Å². The average molecular weight is 545 g/mol. The highest BCUT2D eigenvalue weighted by Crippen LogP contribution is 2.33. The molecule has 8 nitrogen and oxygen atoms in total. The molecule has 0 saturated heterocycles. The van der Waals surface area contributed by atoms with Crippen LogP contribution >= 0.6 is 23.2 Å². The van der Waals surface area contributed by atoms with Crippen LogP contribution in [0.5, 0.6) is 5.75 Å². The fourth-order valence-corrected chi connectivity index (χ4v) is 4.54. The first-order valence-electron chi connectivity index (χ1n) is 11.0. The molecule has 0 radical (unpaired) electrons. The molecule has 1 atom stereocenters. The molecule has 192 valence electrons. The van der Waals surface area contributed by atoms with Crippen molar-refractivity contribution >= 4 is 50.7 Å². The van der Waals surface area contributed by atoms with E-state index in [1.807, 2.05) is 13.8 Å². The van der Waals surface area contributed by atoms with Gasteiger partial charge in [0.15, 0.2) is 0 Å². The minimum absolute atomic E-state index is 0.0109. The predicted octanol–water partition coefficient (Wildman–Crippen LogP) is 3.96. The summed E-state index contributed by atoms with van der Waals surface area (Å²) in [6, 6.07) is 10.7. The number of nitrogens with one attached hydrogen (secondary N) is 1. The second kappa shape index (κ2) is 12.5. The number of halogens is 2. The van der Waals surface area contributed by atoms with Crippen LogP contribution < -0.4 is 14.4 Å². The highest BCUT2D eigenvalue weighted by molar-refractivity contribution is 7.92. The average Bonchev–Trinajstić information content (AvgIpc) is 2.80. The van der Waals surface area contributed by atoms with E-state index in [2.05, 4.69) is 5.32 Å². The Labute approximate surface area is 217 Å². The second-order valence-corrected chi connectivity index (χ2v) is 11.2. The third-order valence-corrected chi connectivity index (χ3v) is 7.18. The molecular formula is C24H31Cl2N3O5S. The van der Waals surface area contributed by atoms with Gasteiger partial charge in [-0.2, -0.15) is 0 Å². The van der Waals surface area contributed by atoms with Gasteiger partial charge in [0.1, 0.15) is 18.3 Å². The van der Waals surface area contributed by atoms with Crippen LogP contribution in [0.1, 0.15) is 26.3 Å². The second-order valence-electron chi connectivity index (χ2n) is 8.53. The molecule has 0 heterocycles. The Hall–Kier alpha value is -2.49. The molecule has 1 unspecified atom stereocenters. The lowest BCUT2D eigenvalue weighted by molar-refractivity contribution is -0.139. The summed E-state index contributed by atoms with van der Waals surface area (Å²) in [5.74, 6) is -0.0440. The fraction of sp³-hybridized carbons (Fsp3) is 0.417. The molecular weight excluding hydrogens is 513 g/mol. The number of nitrogens with zero attached hydrogens (tertiary/aromatic N) is 2. The lowest BCUT2D eigenvalue weighted by Crippen LogP contribution is -2.51. The smallest absolute Gasteiger partial charge is 0.244 e. The van der Waals surface area contributed by atoms with E-state index in [9.17, 15) is 18.0 Å². The summed E-state index contributed by atoms with van der Waals surface area (Å²) in [5.41, 5.74) is 0.825. The lowest BCUT2D eigenvalue weighted by Gasteiger charge is -2.32. The van der Waals surface area contributed by atoms with Crippen LogP contribution in [0, 0.1) is 5.92 Å². The molecule has 0 aliphatic carbocycles. The minimum Gasteiger partial charge on any atom is -0.497 e. The van der Waals surface area contributed by atoms with Gasteiger partial charge < -0.3 is 15.0 Å². The lowest BCUT2D eigenvalue weighted by atomic mass is 10.1. The first-order chi connectivity index (χ1) is 16.3. The minimum atomic E-state index is -3.91. The molecule has 0 aliphatic rings. The number of ether oxygens (including phenoxy) is 1. The molecule has 11 heteroatoms. The zero-order valence-corrected chi connectivity index (χ0v) is 22.7. The van der Waals surface area contributed by atoms with Crippen LogP contribution in [0.3, 0.4) is 0 Å². The summed E-state index contributed by atoms with van der Waals surface area (Å²) < 4.78 is 31.3. The molecule has 0 saturated carbocycles. The molecule has 0 aliphatic heterocycles. The van der Waals surface area contributed by atoms with E-state index in [4.69, 9.17) is 27.9 Å². The zero-order valence-electron chi connectivity index (χ0n) is 20.4. The number of carbonyl (C=O) groups excluding carboxylic acids is 2. The third kappa shape index (κ3) is 8.02. The fourth-order valence-electron chi connectivity index (χ4n) is 3.24. The number of methoxy groups -OCH3 is 1. The number of hydrogen-bond donors (Lipinski definition) is 1. The van der Waals surface area contributed by atoms with Gasteiger partial charge in [-0.05, 0) is 42.7 Å². The van der Waals surface area contributed by atoms with Gasteiger partial charge in [0, 0.05) is 13.1 Å². The molecule has 2 aromatic carbocycles. The number of amides is 2. The first kappa shape index (κ1) is 28.7. The largest absolute Gasteiger partial charge is 0.497 e. The van der Waals surface area contributed by atoms with E-state index in [1.54, 1.807) is 44.4 Å². The van der Waals surface area contributed by atoms with Crippen LogP contribution in [0.15, 0.2) is 42.5 Å². The monoisotopic (exact) mass is 543 g/mol. The summed E-state index contributed by atoms with van der Waals surface area (Å²) in [6.45, 7) is 5.50. The number of hydrogen-bond acceptors (Lipinski definition) is 5. The van der Waals surface area contributed by atoms with Crippen molar-refractivity contribution in [1.82, 2.24) is 10.2 Å². The SMILES string of the molecule is COc1ccc(CN(C(=O)CN(c2cccc(Cl)c2Cl)S(C)(=O)=O)C(C)C(=O)NCC(C)C)cc1. The summed E-state index contributed by atoms with van der Waals surface area (Å²) in [7, 11) is -2.36. The molecule has 2 amide bonds. The maximum absolute atomic E-state index is 13.5.